The Morgan fingerprint density at radius 1 is 1.16 bits per heavy atom. The summed E-state index contributed by atoms with van der Waals surface area (Å²) >= 11 is 0. The van der Waals surface area contributed by atoms with Crippen LogP contribution in [0, 0.1) is 5.92 Å². The number of nitrogens with zero attached hydrogens (tertiary/aromatic N) is 3. The highest BCUT2D eigenvalue weighted by atomic mass is 19.4. The molecular weight excluding hydrogens is 423 g/mol. The fourth-order valence-electron chi connectivity index (χ4n) is 3.81. The van der Waals surface area contributed by atoms with Gasteiger partial charge in [-0.1, -0.05) is 17.3 Å². The van der Waals surface area contributed by atoms with E-state index in [4.69, 9.17) is 9.26 Å². The van der Waals surface area contributed by atoms with E-state index in [0.29, 0.717) is 49.7 Å². The lowest BCUT2D eigenvalue weighted by Gasteiger charge is -2.30. The Kier molecular flexibility index (Phi) is 6.27. The summed E-state index contributed by atoms with van der Waals surface area (Å²) in [7, 11) is 1.58. The lowest BCUT2D eigenvalue weighted by molar-refractivity contribution is -0.137. The molecular formula is C23H22F3N3O3. The van der Waals surface area contributed by atoms with Gasteiger partial charge in [-0.05, 0) is 62.3 Å². The van der Waals surface area contributed by atoms with Gasteiger partial charge in [0.2, 0.25) is 11.7 Å². The third-order valence-electron chi connectivity index (χ3n) is 5.61. The van der Waals surface area contributed by atoms with Crippen molar-refractivity contribution in [3.8, 4) is 17.1 Å². The minimum absolute atomic E-state index is 0.0528. The molecule has 2 aromatic carbocycles. The maximum Gasteiger partial charge on any atom is 0.416 e. The second-order valence-corrected chi connectivity index (χ2v) is 7.73. The molecule has 32 heavy (non-hydrogen) atoms. The SMILES string of the molecule is COc1ccc(C(=O)C2CCN(Cc3nc(-c4cccc(C(F)(F)F)c4)no3)CC2)cc1. The number of methoxy groups -OCH3 is 1. The smallest absolute Gasteiger partial charge is 0.416 e. The second kappa shape index (κ2) is 9.12. The van der Waals surface area contributed by atoms with Crippen LogP contribution in [0.1, 0.15) is 34.7 Å². The van der Waals surface area contributed by atoms with Crippen molar-refractivity contribution in [1.82, 2.24) is 15.0 Å². The Balaban J connectivity index is 1.34. The molecule has 0 saturated carbocycles. The first-order valence-corrected chi connectivity index (χ1v) is 10.2. The minimum Gasteiger partial charge on any atom is -0.497 e. The molecule has 9 heteroatoms. The normalized spacial score (nSPS) is 15.6. The number of alkyl halides is 3. The molecule has 0 N–H and O–H groups in total. The zero-order valence-corrected chi connectivity index (χ0v) is 17.4. The number of Topliss-reactive ketones (excluding diaryl/α,β-unsaturated/α-hetero) is 1. The highest BCUT2D eigenvalue weighted by Crippen LogP contribution is 2.31. The molecule has 168 valence electrons. The van der Waals surface area contributed by atoms with Crippen LogP contribution in [0.2, 0.25) is 0 Å². The molecule has 0 radical (unpaired) electrons. The Labute approximate surface area is 183 Å². The van der Waals surface area contributed by atoms with Crippen LogP contribution in [0.3, 0.4) is 0 Å². The van der Waals surface area contributed by atoms with Gasteiger partial charge in [0.1, 0.15) is 5.75 Å². The summed E-state index contributed by atoms with van der Waals surface area (Å²) in [5.74, 6) is 1.23. The molecule has 1 fully saturated rings. The van der Waals surface area contributed by atoms with Crippen LogP contribution in [-0.4, -0.2) is 41.0 Å². The number of benzene rings is 2. The van der Waals surface area contributed by atoms with Crippen LogP contribution >= 0.6 is 0 Å². The first kappa shape index (κ1) is 22.0. The summed E-state index contributed by atoms with van der Waals surface area (Å²) in [6, 6.07) is 12.0. The van der Waals surface area contributed by atoms with Crippen LogP contribution in [0.25, 0.3) is 11.4 Å². The van der Waals surface area contributed by atoms with E-state index in [0.717, 1.165) is 12.1 Å². The van der Waals surface area contributed by atoms with Crippen molar-refractivity contribution < 1.29 is 27.2 Å². The van der Waals surface area contributed by atoms with Gasteiger partial charge in [-0.25, -0.2) is 0 Å². The number of likely N-dealkylation sites (tertiary alicyclic amines) is 1. The molecule has 0 amide bonds. The Hall–Kier alpha value is -3.20. The molecule has 0 unspecified atom stereocenters. The number of halogens is 3. The van der Waals surface area contributed by atoms with Crippen LogP contribution in [-0.2, 0) is 12.7 Å². The zero-order valence-electron chi connectivity index (χ0n) is 17.4. The third kappa shape index (κ3) is 4.99. The Morgan fingerprint density at radius 3 is 2.53 bits per heavy atom. The maximum absolute atomic E-state index is 12.9. The number of carbonyl (C=O) groups excluding carboxylic acids is 1. The summed E-state index contributed by atoms with van der Waals surface area (Å²) in [4.78, 5) is 19.1. The molecule has 2 heterocycles. The van der Waals surface area contributed by atoms with Crippen molar-refractivity contribution in [2.24, 2.45) is 5.92 Å². The highest BCUT2D eigenvalue weighted by molar-refractivity contribution is 5.98. The van der Waals surface area contributed by atoms with Crippen molar-refractivity contribution in [3.05, 3.63) is 65.5 Å². The van der Waals surface area contributed by atoms with Crippen LogP contribution in [0.5, 0.6) is 5.75 Å². The van der Waals surface area contributed by atoms with E-state index in [2.05, 4.69) is 15.0 Å². The number of hydrogen-bond donors (Lipinski definition) is 0. The molecule has 1 saturated heterocycles. The van der Waals surface area contributed by atoms with E-state index in [1.165, 1.54) is 12.1 Å². The fourth-order valence-corrected chi connectivity index (χ4v) is 3.81. The molecule has 1 aliphatic heterocycles. The minimum atomic E-state index is -4.43. The average Bonchev–Trinajstić information content (AvgIpc) is 3.27. The number of carbonyl (C=O) groups is 1. The monoisotopic (exact) mass is 445 g/mol. The number of aromatic nitrogens is 2. The summed E-state index contributed by atoms with van der Waals surface area (Å²) in [6.45, 7) is 1.76. The maximum atomic E-state index is 12.9. The summed E-state index contributed by atoms with van der Waals surface area (Å²) in [5.41, 5.74) is 0.162. The van der Waals surface area contributed by atoms with Crippen molar-refractivity contribution in [2.75, 3.05) is 20.2 Å². The lowest BCUT2D eigenvalue weighted by atomic mass is 9.89. The lowest BCUT2D eigenvalue weighted by Crippen LogP contribution is -2.36. The van der Waals surface area contributed by atoms with E-state index in [1.54, 1.807) is 31.4 Å². The standard InChI is InChI=1S/C23H22F3N3O3/c1-31-19-7-5-15(6-8-19)21(30)16-9-11-29(12-10-16)14-20-27-22(28-32-20)17-3-2-4-18(13-17)23(24,25)26/h2-8,13,16H,9-12,14H2,1H3. The van der Waals surface area contributed by atoms with Gasteiger partial charge in [-0.2, -0.15) is 18.2 Å². The molecule has 4 rings (SSSR count). The zero-order chi connectivity index (χ0) is 22.7. The molecule has 0 aliphatic carbocycles. The predicted octanol–water partition coefficient (Wildman–Crippen LogP) is 4.86. The van der Waals surface area contributed by atoms with E-state index < -0.39 is 11.7 Å². The molecule has 6 nitrogen and oxygen atoms in total. The number of hydrogen-bond acceptors (Lipinski definition) is 6. The Morgan fingerprint density at radius 2 is 1.88 bits per heavy atom. The number of rotatable bonds is 6. The van der Waals surface area contributed by atoms with Crippen molar-refractivity contribution >= 4 is 5.78 Å². The van der Waals surface area contributed by atoms with Gasteiger partial charge in [0.15, 0.2) is 5.78 Å². The van der Waals surface area contributed by atoms with Crippen molar-refractivity contribution in [1.29, 1.82) is 0 Å². The van der Waals surface area contributed by atoms with Gasteiger partial charge in [0.25, 0.3) is 0 Å². The second-order valence-electron chi connectivity index (χ2n) is 7.73. The number of piperidine rings is 1. The van der Waals surface area contributed by atoms with Gasteiger partial charge < -0.3 is 9.26 Å². The number of ether oxygens (including phenoxy) is 1. The van der Waals surface area contributed by atoms with Gasteiger partial charge in [-0.15, -0.1) is 0 Å². The highest BCUT2D eigenvalue weighted by Gasteiger charge is 2.31. The first-order valence-electron chi connectivity index (χ1n) is 10.2. The van der Waals surface area contributed by atoms with Crippen LogP contribution in [0.4, 0.5) is 13.2 Å². The summed E-state index contributed by atoms with van der Waals surface area (Å²) < 4.78 is 49.2. The largest absolute Gasteiger partial charge is 0.497 e. The molecule has 3 aromatic rings. The Bertz CT molecular complexity index is 1070. The van der Waals surface area contributed by atoms with E-state index in [9.17, 15) is 18.0 Å². The van der Waals surface area contributed by atoms with Crippen LogP contribution in [0.15, 0.2) is 53.1 Å². The first-order chi connectivity index (χ1) is 15.3. The topological polar surface area (TPSA) is 68.5 Å². The quantitative estimate of drug-likeness (QED) is 0.505. The van der Waals surface area contributed by atoms with Gasteiger partial charge in [-0.3, -0.25) is 9.69 Å². The number of ketones is 1. The van der Waals surface area contributed by atoms with E-state index >= 15 is 0 Å². The average molecular weight is 445 g/mol. The van der Waals surface area contributed by atoms with Crippen molar-refractivity contribution in [3.63, 3.8) is 0 Å². The fraction of sp³-hybridized carbons (Fsp3) is 0.348. The molecule has 1 aromatic heterocycles. The molecule has 0 spiro atoms. The van der Waals surface area contributed by atoms with Crippen molar-refractivity contribution in [2.45, 2.75) is 25.6 Å². The van der Waals surface area contributed by atoms with Gasteiger partial charge >= 0.3 is 6.18 Å². The third-order valence-corrected chi connectivity index (χ3v) is 5.61. The summed E-state index contributed by atoms with van der Waals surface area (Å²) in [6.07, 6.45) is -3.02. The summed E-state index contributed by atoms with van der Waals surface area (Å²) in [5, 5.41) is 3.83. The van der Waals surface area contributed by atoms with E-state index in [1.807, 2.05) is 0 Å². The molecule has 1 aliphatic rings. The molecule has 0 bridgehead atoms. The van der Waals surface area contributed by atoms with Gasteiger partial charge in [0, 0.05) is 17.0 Å². The van der Waals surface area contributed by atoms with Crippen LogP contribution < -0.4 is 4.74 Å². The predicted molar refractivity (Wildman–Crippen MR) is 110 cm³/mol. The van der Waals surface area contributed by atoms with Gasteiger partial charge in [0.05, 0.1) is 19.2 Å². The molecule has 0 atom stereocenters. The van der Waals surface area contributed by atoms with E-state index in [-0.39, 0.29) is 23.1 Å².